The molecule has 2 aromatic carbocycles. The van der Waals surface area contributed by atoms with Gasteiger partial charge in [-0.2, -0.15) is 5.10 Å². The predicted molar refractivity (Wildman–Crippen MR) is 90.3 cm³/mol. The molecule has 3 aromatic rings. The number of nitrogens with zero attached hydrogens (tertiary/aromatic N) is 4. The quantitative estimate of drug-likeness (QED) is 0.709. The summed E-state index contributed by atoms with van der Waals surface area (Å²) in [7, 11) is 0. The molecule has 0 aliphatic carbocycles. The fourth-order valence-corrected chi connectivity index (χ4v) is 2.66. The van der Waals surface area contributed by atoms with Gasteiger partial charge < -0.3 is 4.90 Å². The zero-order chi connectivity index (χ0) is 14.9. The lowest BCUT2D eigenvalue weighted by molar-refractivity contribution is 0.479. The van der Waals surface area contributed by atoms with Crippen molar-refractivity contribution in [2.45, 2.75) is 6.29 Å². The van der Waals surface area contributed by atoms with Gasteiger partial charge in [-0.3, -0.25) is 0 Å². The summed E-state index contributed by atoms with van der Waals surface area (Å²) in [4.78, 5) is 6.61. The van der Waals surface area contributed by atoms with Gasteiger partial charge in [0, 0.05) is 34.7 Å². The summed E-state index contributed by atoms with van der Waals surface area (Å²) in [6.07, 6.45) is 7.48. The van der Waals surface area contributed by atoms with Crippen molar-refractivity contribution in [3.8, 4) is 0 Å². The highest BCUT2D eigenvalue weighted by atomic mass is 35.5. The minimum absolute atomic E-state index is 0.237. The van der Waals surface area contributed by atoms with Crippen LogP contribution in [-0.2, 0) is 0 Å². The maximum absolute atomic E-state index is 5.97. The largest absolute Gasteiger partial charge is 0.307 e. The molecule has 4 rings (SSSR count). The average molecular weight is 309 g/mol. The SMILES string of the molecule is Clc1ccc(N2C=CC=NC2n2cc3ccccc3n2)cc1. The fourth-order valence-electron chi connectivity index (χ4n) is 2.54. The molecule has 0 amide bonds. The molecule has 108 valence electrons. The van der Waals surface area contributed by atoms with Crippen LogP contribution in [0.3, 0.4) is 0 Å². The molecule has 1 atom stereocenters. The lowest BCUT2D eigenvalue weighted by Gasteiger charge is -2.29. The number of anilines is 1. The van der Waals surface area contributed by atoms with E-state index in [1.165, 1.54) is 0 Å². The Hall–Kier alpha value is -2.59. The Morgan fingerprint density at radius 2 is 1.82 bits per heavy atom. The minimum Gasteiger partial charge on any atom is -0.307 e. The highest BCUT2D eigenvalue weighted by Gasteiger charge is 2.20. The summed E-state index contributed by atoms with van der Waals surface area (Å²) in [5, 5.41) is 6.45. The molecule has 0 bridgehead atoms. The molecule has 1 aliphatic heterocycles. The predicted octanol–water partition coefficient (Wildman–Crippen LogP) is 4.25. The molecule has 2 heterocycles. The molecule has 22 heavy (non-hydrogen) atoms. The van der Waals surface area contributed by atoms with Crippen LogP contribution in [0.2, 0.25) is 5.02 Å². The van der Waals surface area contributed by atoms with Crippen molar-refractivity contribution in [2.24, 2.45) is 4.99 Å². The monoisotopic (exact) mass is 308 g/mol. The van der Waals surface area contributed by atoms with E-state index in [1.807, 2.05) is 71.7 Å². The second-order valence-corrected chi connectivity index (χ2v) is 5.47. The summed E-state index contributed by atoms with van der Waals surface area (Å²) in [5.74, 6) is 0. The smallest absolute Gasteiger partial charge is 0.221 e. The van der Waals surface area contributed by atoms with Gasteiger partial charge in [-0.1, -0.05) is 29.8 Å². The van der Waals surface area contributed by atoms with Crippen molar-refractivity contribution in [3.05, 3.63) is 72.0 Å². The summed E-state index contributed by atoms with van der Waals surface area (Å²) in [6, 6.07) is 15.7. The Kier molecular flexibility index (Phi) is 3.16. The third-order valence-corrected chi connectivity index (χ3v) is 3.85. The van der Waals surface area contributed by atoms with E-state index in [2.05, 4.69) is 15.0 Å². The normalized spacial score (nSPS) is 17.3. The van der Waals surface area contributed by atoms with Crippen LogP contribution in [0.1, 0.15) is 6.29 Å². The number of halogens is 1. The summed E-state index contributed by atoms with van der Waals surface area (Å²) < 4.78 is 1.87. The van der Waals surface area contributed by atoms with E-state index in [1.54, 1.807) is 6.21 Å². The Balaban J connectivity index is 1.76. The number of fused-ring (bicyclic) bond motifs is 1. The lowest BCUT2D eigenvalue weighted by atomic mass is 10.3. The molecule has 0 N–H and O–H groups in total. The molecular weight excluding hydrogens is 296 g/mol. The molecule has 0 saturated carbocycles. The summed E-state index contributed by atoms with van der Waals surface area (Å²) in [6.45, 7) is 0. The van der Waals surface area contributed by atoms with Gasteiger partial charge in [-0.15, -0.1) is 0 Å². The van der Waals surface area contributed by atoms with E-state index >= 15 is 0 Å². The third-order valence-electron chi connectivity index (χ3n) is 3.59. The summed E-state index contributed by atoms with van der Waals surface area (Å²) in [5.41, 5.74) is 1.98. The molecule has 0 saturated heterocycles. The van der Waals surface area contributed by atoms with Gasteiger partial charge in [0.25, 0.3) is 0 Å². The van der Waals surface area contributed by atoms with Crippen molar-refractivity contribution in [2.75, 3.05) is 4.90 Å². The van der Waals surface area contributed by atoms with Crippen LogP contribution in [0, 0.1) is 0 Å². The van der Waals surface area contributed by atoms with E-state index in [0.717, 1.165) is 21.6 Å². The van der Waals surface area contributed by atoms with Crippen LogP contribution in [0.25, 0.3) is 10.9 Å². The molecule has 0 fully saturated rings. The fraction of sp³-hybridized carbons (Fsp3) is 0.0588. The van der Waals surface area contributed by atoms with Gasteiger partial charge in [-0.05, 0) is 36.4 Å². The minimum atomic E-state index is -0.237. The molecule has 5 heteroatoms. The van der Waals surface area contributed by atoms with Crippen LogP contribution in [0.5, 0.6) is 0 Å². The number of allylic oxidation sites excluding steroid dienone is 1. The van der Waals surface area contributed by atoms with Gasteiger partial charge in [0.05, 0.1) is 5.52 Å². The maximum Gasteiger partial charge on any atom is 0.221 e. The van der Waals surface area contributed by atoms with Crippen LogP contribution in [-0.4, -0.2) is 16.0 Å². The Labute approximate surface area is 133 Å². The van der Waals surface area contributed by atoms with Gasteiger partial charge in [-0.25, -0.2) is 9.67 Å². The molecule has 0 radical (unpaired) electrons. The molecule has 1 aliphatic rings. The Bertz CT molecular complexity index is 831. The number of aromatic nitrogens is 2. The Morgan fingerprint density at radius 1 is 1.00 bits per heavy atom. The molecule has 4 nitrogen and oxygen atoms in total. The van der Waals surface area contributed by atoms with Gasteiger partial charge in [0.2, 0.25) is 6.29 Å². The highest BCUT2D eigenvalue weighted by Crippen LogP contribution is 2.28. The third kappa shape index (κ3) is 2.27. The summed E-state index contributed by atoms with van der Waals surface area (Å²) >= 11 is 5.97. The van der Waals surface area contributed by atoms with Gasteiger partial charge >= 0.3 is 0 Å². The van der Waals surface area contributed by atoms with Crippen LogP contribution < -0.4 is 4.90 Å². The molecule has 1 aromatic heterocycles. The molecule has 0 spiro atoms. The van der Waals surface area contributed by atoms with Crippen LogP contribution >= 0.6 is 11.6 Å². The van der Waals surface area contributed by atoms with Crippen molar-refractivity contribution in [1.82, 2.24) is 9.78 Å². The molecule has 1 unspecified atom stereocenters. The first kappa shape index (κ1) is 13.1. The second-order valence-electron chi connectivity index (χ2n) is 5.04. The number of aliphatic imine (C=N–C) groups is 1. The van der Waals surface area contributed by atoms with Crippen molar-refractivity contribution < 1.29 is 0 Å². The first-order chi connectivity index (χ1) is 10.8. The number of benzene rings is 2. The lowest BCUT2D eigenvalue weighted by Crippen LogP contribution is -2.29. The van der Waals surface area contributed by atoms with Gasteiger partial charge in [0.1, 0.15) is 0 Å². The Morgan fingerprint density at radius 3 is 2.64 bits per heavy atom. The zero-order valence-corrected chi connectivity index (χ0v) is 12.4. The second kappa shape index (κ2) is 5.31. The highest BCUT2D eigenvalue weighted by molar-refractivity contribution is 6.30. The van der Waals surface area contributed by atoms with E-state index in [-0.39, 0.29) is 6.29 Å². The average Bonchev–Trinajstić information content (AvgIpc) is 2.99. The van der Waals surface area contributed by atoms with Crippen molar-refractivity contribution in [3.63, 3.8) is 0 Å². The first-order valence-electron chi connectivity index (χ1n) is 6.99. The topological polar surface area (TPSA) is 33.4 Å². The van der Waals surface area contributed by atoms with Crippen LogP contribution in [0.4, 0.5) is 5.69 Å². The van der Waals surface area contributed by atoms with E-state index in [4.69, 9.17) is 11.6 Å². The van der Waals surface area contributed by atoms with Crippen LogP contribution in [0.15, 0.2) is 72.0 Å². The zero-order valence-electron chi connectivity index (χ0n) is 11.7. The van der Waals surface area contributed by atoms with Gasteiger partial charge in [0.15, 0.2) is 0 Å². The maximum atomic E-state index is 5.97. The first-order valence-corrected chi connectivity index (χ1v) is 7.37. The molecular formula is C17H13ClN4. The number of hydrogen-bond donors (Lipinski definition) is 0. The standard InChI is InChI=1S/C17H13ClN4/c18-14-6-8-15(9-7-14)21-11-3-10-19-17(21)22-12-13-4-1-2-5-16(13)20-22/h1-12,17H. The van der Waals surface area contributed by atoms with Crippen molar-refractivity contribution in [1.29, 1.82) is 0 Å². The number of hydrogen-bond acceptors (Lipinski definition) is 3. The van der Waals surface area contributed by atoms with Crippen molar-refractivity contribution >= 4 is 34.4 Å². The van der Waals surface area contributed by atoms with E-state index < -0.39 is 0 Å². The van der Waals surface area contributed by atoms with E-state index in [0.29, 0.717) is 0 Å². The number of rotatable bonds is 2. The van der Waals surface area contributed by atoms with E-state index in [9.17, 15) is 0 Å².